The summed E-state index contributed by atoms with van der Waals surface area (Å²) in [6.07, 6.45) is 2.70. The van der Waals surface area contributed by atoms with Gasteiger partial charge < -0.3 is 15.3 Å². The van der Waals surface area contributed by atoms with Crippen molar-refractivity contribution in [1.82, 2.24) is 10.2 Å². The molecule has 2 amide bonds. The van der Waals surface area contributed by atoms with E-state index in [4.69, 9.17) is 0 Å². The highest BCUT2D eigenvalue weighted by molar-refractivity contribution is 9.10. The summed E-state index contributed by atoms with van der Waals surface area (Å²) >= 11 is 4.93. The van der Waals surface area contributed by atoms with Crippen molar-refractivity contribution in [3.63, 3.8) is 0 Å². The third-order valence-electron chi connectivity index (χ3n) is 3.57. The lowest BCUT2D eigenvalue weighted by Gasteiger charge is -2.28. The van der Waals surface area contributed by atoms with Gasteiger partial charge in [0.25, 0.3) is 0 Å². The highest BCUT2D eigenvalue weighted by Gasteiger charge is 2.43. The predicted molar refractivity (Wildman–Crippen MR) is 80.9 cm³/mol. The van der Waals surface area contributed by atoms with Crippen LogP contribution in [0.1, 0.15) is 30.6 Å². The zero-order valence-electron chi connectivity index (χ0n) is 11.2. The van der Waals surface area contributed by atoms with Crippen LogP contribution in [-0.2, 0) is 11.3 Å². The molecule has 0 atom stereocenters. The first kappa shape index (κ1) is 15.3. The number of nitrogens with one attached hydrogen (secondary N) is 1. The molecule has 0 aromatic carbocycles. The van der Waals surface area contributed by atoms with Gasteiger partial charge >= 0.3 is 12.0 Å². The largest absolute Gasteiger partial charge is 0.480 e. The molecule has 1 aliphatic rings. The maximum Gasteiger partial charge on any atom is 0.329 e. The van der Waals surface area contributed by atoms with Gasteiger partial charge in [0.2, 0.25) is 0 Å². The number of amides is 2. The molecule has 1 heterocycles. The number of thiophene rings is 1. The van der Waals surface area contributed by atoms with Gasteiger partial charge in [-0.1, -0.05) is 12.8 Å². The summed E-state index contributed by atoms with van der Waals surface area (Å²) in [5, 5.41) is 14.0. The maximum atomic E-state index is 12.2. The molecular formula is C13H17BrN2O3S. The minimum Gasteiger partial charge on any atom is -0.480 e. The Morgan fingerprint density at radius 1 is 1.50 bits per heavy atom. The molecule has 0 radical (unpaired) electrons. The number of carboxylic acid groups (broad SMARTS) is 1. The number of hydrogen-bond acceptors (Lipinski definition) is 3. The lowest BCUT2D eigenvalue weighted by molar-refractivity contribution is -0.144. The van der Waals surface area contributed by atoms with Crippen LogP contribution in [0.2, 0.25) is 0 Å². The quantitative estimate of drug-likeness (QED) is 0.866. The Bertz CT molecular complexity index is 511. The fraction of sp³-hybridized carbons (Fsp3) is 0.538. The lowest BCUT2D eigenvalue weighted by Crippen LogP contribution is -2.55. The van der Waals surface area contributed by atoms with Gasteiger partial charge in [0, 0.05) is 21.8 Å². The molecule has 0 aliphatic heterocycles. The van der Waals surface area contributed by atoms with Gasteiger partial charge in [-0.3, -0.25) is 0 Å². The number of carbonyl (C=O) groups is 2. The van der Waals surface area contributed by atoms with Crippen LogP contribution < -0.4 is 5.32 Å². The summed E-state index contributed by atoms with van der Waals surface area (Å²) in [4.78, 5) is 26.1. The van der Waals surface area contributed by atoms with Gasteiger partial charge in [-0.15, -0.1) is 11.3 Å². The molecule has 5 nitrogen and oxygen atoms in total. The van der Waals surface area contributed by atoms with E-state index >= 15 is 0 Å². The second-order valence-corrected chi connectivity index (χ2v) is 7.02. The molecule has 0 saturated heterocycles. The standard InChI is InChI=1S/C13H17BrN2O3S/c1-16(7-10-6-9(14)8-20-10)12(19)15-13(11(17)18)4-2-3-5-13/h6,8H,2-5,7H2,1H3,(H,15,19)(H,17,18). The number of carbonyl (C=O) groups excluding carboxylic acids is 1. The molecule has 1 fully saturated rings. The van der Waals surface area contributed by atoms with Gasteiger partial charge in [0.15, 0.2) is 0 Å². The highest BCUT2D eigenvalue weighted by Crippen LogP contribution is 2.30. The molecule has 1 aromatic heterocycles. The Morgan fingerprint density at radius 2 is 2.15 bits per heavy atom. The van der Waals surface area contributed by atoms with Gasteiger partial charge in [-0.2, -0.15) is 0 Å². The average molecular weight is 361 g/mol. The van der Waals surface area contributed by atoms with E-state index in [9.17, 15) is 14.7 Å². The molecular weight excluding hydrogens is 344 g/mol. The van der Waals surface area contributed by atoms with E-state index in [0.29, 0.717) is 19.4 Å². The minimum atomic E-state index is -1.08. The van der Waals surface area contributed by atoms with Crippen LogP contribution in [0.3, 0.4) is 0 Å². The van der Waals surface area contributed by atoms with Crippen LogP contribution in [-0.4, -0.2) is 34.6 Å². The summed E-state index contributed by atoms with van der Waals surface area (Å²) in [5.74, 6) is -0.935. The lowest BCUT2D eigenvalue weighted by atomic mass is 9.98. The van der Waals surface area contributed by atoms with Crippen LogP contribution in [0.15, 0.2) is 15.9 Å². The first-order valence-electron chi connectivity index (χ1n) is 6.42. The first-order chi connectivity index (χ1) is 9.43. The first-order valence-corrected chi connectivity index (χ1v) is 8.10. The molecule has 0 spiro atoms. The van der Waals surface area contributed by atoms with E-state index < -0.39 is 11.5 Å². The Kier molecular flexibility index (Phi) is 4.70. The maximum absolute atomic E-state index is 12.2. The Hall–Kier alpha value is -1.08. The monoisotopic (exact) mass is 360 g/mol. The molecule has 0 unspecified atom stereocenters. The normalized spacial score (nSPS) is 16.9. The van der Waals surface area contributed by atoms with Crippen molar-refractivity contribution in [2.75, 3.05) is 7.05 Å². The summed E-state index contributed by atoms with van der Waals surface area (Å²) < 4.78 is 0.990. The number of hydrogen-bond donors (Lipinski definition) is 2. The van der Waals surface area contributed by atoms with Gasteiger partial charge in [-0.05, 0) is 34.8 Å². The zero-order valence-corrected chi connectivity index (χ0v) is 13.6. The van der Waals surface area contributed by atoms with Gasteiger partial charge in [0.05, 0.1) is 6.54 Å². The average Bonchev–Trinajstić information content (AvgIpc) is 2.99. The van der Waals surface area contributed by atoms with E-state index in [0.717, 1.165) is 22.2 Å². The smallest absolute Gasteiger partial charge is 0.329 e. The molecule has 20 heavy (non-hydrogen) atoms. The van der Waals surface area contributed by atoms with Crippen molar-refractivity contribution in [2.45, 2.75) is 37.8 Å². The van der Waals surface area contributed by atoms with Gasteiger partial charge in [0.1, 0.15) is 5.54 Å². The summed E-state index contributed by atoms with van der Waals surface area (Å²) in [6.45, 7) is 0.470. The second-order valence-electron chi connectivity index (χ2n) is 5.11. The number of rotatable bonds is 4. The number of aliphatic carboxylic acids is 1. The SMILES string of the molecule is CN(Cc1cc(Br)cs1)C(=O)NC1(C(=O)O)CCCC1. The zero-order chi connectivity index (χ0) is 14.8. The van der Waals surface area contributed by atoms with Crippen LogP contribution in [0.25, 0.3) is 0 Å². The molecule has 110 valence electrons. The molecule has 2 rings (SSSR count). The molecule has 7 heteroatoms. The number of nitrogens with zero attached hydrogens (tertiary/aromatic N) is 1. The topological polar surface area (TPSA) is 69.6 Å². The molecule has 1 saturated carbocycles. The van der Waals surface area contributed by atoms with Crippen LogP contribution in [0.5, 0.6) is 0 Å². The van der Waals surface area contributed by atoms with Crippen molar-refractivity contribution in [2.24, 2.45) is 0 Å². The van der Waals surface area contributed by atoms with Crippen molar-refractivity contribution in [1.29, 1.82) is 0 Å². The van der Waals surface area contributed by atoms with Crippen LogP contribution >= 0.6 is 27.3 Å². The molecule has 0 bridgehead atoms. The fourth-order valence-electron chi connectivity index (χ4n) is 2.41. The van der Waals surface area contributed by atoms with Crippen molar-refractivity contribution < 1.29 is 14.7 Å². The molecule has 1 aliphatic carbocycles. The number of urea groups is 1. The predicted octanol–water partition coefficient (Wildman–Crippen LogP) is 3.05. The summed E-state index contributed by atoms with van der Waals surface area (Å²) in [7, 11) is 1.67. The van der Waals surface area contributed by atoms with E-state index in [1.165, 1.54) is 4.90 Å². The van der Waals surface area contributed by atoms with E-state index in [1.54, 1.807) is 18.4 Å². The third kappa shape index (κ3) is 3.32. The van der Waals surface area contributed by atoms with Crippen LogP contribution in [0.4, 0.5) is 4.79 Å². The number of halogens is 1. The van der Waals surface area contributed by atoms with E-state index in [1.807, 2.05) is 11.4 Å². The second kappa shape index (κ2) is 6.13. The van der Waals surface area contributed by atoms with E-state index in [2.05, 4.69) is 21.2 Å². The Balaban J connectivity index is 1.98. The van der Waals surface area contributed by atoms with E-state index in [-0.39, 0.29) is 6.03 Å². The Morgan fingerprint density at radius 3 is 2.65 bits per heavy atom. The van der Waals surface area contributed by atoms with Crippen molar-refractivity contribution >= 4 is 39.3 Å². The Labute approximate surface area is 130 Å². The van der Waals surface area contributed by atoms with Gasteiger partial charge in [-0.25, -0.2) is 9.59 Å². The molecule has 2 N–H and O–H groups in total. The fourth-order valence-corrected chi connectivity index (χ4v) is 3.92. The third-order valence-corrected chi connectivity index (χ3v) is 5.26. The number of carboxylic acids is 1. The van der Waals surface area contributed by atoms with Crippen LogP contribution in [0, 0.1) is 0 Å². The van der Waals surface area contributed by atoms with Crippen molar-refractivity contribution in [3.8, 4) is 0 Å². The summed E-state index contributed by atoms with van der Waals surface area (Å²) in [6, 6.07) is 1.62. The summed E-state index contributed by atoms with van der Waals surface area (Å²) in [5.41, 5.74) is -1.08. The molecule has 1 aromatic rings. The highest BCUT2D eigenvalue weighted by atomic mass is 79.9. The van der Waals surface area contributed by atoms with Crippen molar-refractivity contribution in [3.05, 3.63) is 20.8 Å². The minimum absolute atomic E-state index is 0.334.